The Morgan fingerprint density at radius 3 is 2.04 bits per heavy atom. The van der Waals surface area contributed by atoms with Crippen LogP contribution in [0.1, 0.15) is 6.42 Å². The summed E-state index contributed by atoms with van der Waals surface area (Å²) < 4.78 is 69.0. The highest BCUT2D eigenvalue weighted by Crippen LogP contribution is 2.20. The maximum atomic E-state index is 12.4. The standard InChI is InChI=1S/C10H10F2N2O2S.C4H6O2S/c11-10(12)8-6-9(14-13-8)17(15,16)7-4-2-1-3-5-7;1-3-7(5,6)4-2/h1-5,8,10,13H,6H2;3-4H,1-2H2. The fourth-order valence-corrected chi connectivity index (χ4v) is 3.05. The van der Waals surface area contributed by atoms with Gasteiger partial charge in [-0.1, -0.05) is 31.4 Å². The van der Waals surface area contributed by atoms with Crippen LogP contribution in [0.25, 0.3) is 0 Å². The molecule has 1 aliphatic heterocycles. The molecule has 10 heteroatoms. The molecule has 1 unspecified atom stereocenters. The second-order valence-electron chi connectivity index (χ2n) is 4.52. The van der Waals surface area contributed by atoms with E-state index in [1.54, 1.807) is 18.2 Å². The van der Waals surface area contributed by atoms with E-state index in [4.69, 9.17) is 0 Å². The van der Waals surface area contributed by atoms with Crippen molar-refractivity contribution in [2.24, 2.45) is 5.10 Å². The number of hydrogen-bond acceptors (Lipinski definition) is 6. The van der Waals surface area contributed by atoms with Gasteiger partial charge in [0.25, 0.3) is 6.43 Å². The zero-order chi connectivity index (χ0) is 18.4. The lowest BCUT2D eigenvalue weighted by molar-refractivity contribution is 0.106. The van der Waals surface area contributed by atoms with E-state index in [2.05, 4.69) is 23.7 Å². The molecule has 0 spiro atoms. The summed E-state index contributed by atoms with van der Waals surface area (Å²) in [4.78, 5) is 0.0652. The van der Waals surface area contributed by atoms with Gasteiger partial charge >= 0.3 is 0 Å². The molecule has 0 aromatic heterocycles. The van der Waals surface area contributed by atoms with Gasteiger partial charge in [0.2, 0.25) is 9.84 Å². The molecule has 1 N–H and O–H groups in total. The SMILES string of the molecule is C=CS(=O)(=O)C=C.O=S(=O)(C1=NNC(C(F)F)C1)c1ccccc1. The summed E-state index contributed by atoms with van der Waals surface area (Å²) in [5.41, 5.74) is 2.14. The van der Waals surface area contributed by atoms with E-state index < -0.39 is 32.1 Å². The Hall–Kier alpha value is -2.07. The van der Waals surface area contributed by atoms with Gasteiger partial charge in [-0.15, -0.1) is 0 Å². The molecular formula is C14H16F2N2O4S2. The number of nitrogens with one attached hydrogen (secondary N) is 1. The van der Waals surface area contributed by atoms with Crippen molar-refractivity contribution >= 4 is 24.7 Å². The topological polar surface area (TPSA) is 92.7 Å². The molecule has 0 saturated carbocycles. The number of rotatable bonds is 4. The number of benzene rings is 1. The molecule has 0 amide bonds. The molecule has 1 atom stereocenters. The van der Waals surface area contributed by atoms with Crippen LogP contribution in [0.5, 0.6) is 0 Å². The van der Waals surface area contributed by atoms with E-state index in [9.17, 15) is 25.6 Å². The second-order valence-corrected chi connectivity index (χ2v) is 8.31. The van der Waals surface area contributed by atoms with Crippen LogP contribution < -0.4 is 5.43 Å². The van der Waals surface area contributed by atoms with E-state index in [-0.39, 0.29) is 16.4 Å². The minimum Gasteiger partial charge on any atom is -0.300 e. The average Bonchev–Trinajstić information content (AvgIpc) is 3.07. The number of alkyl halides is 2. The summed E-state index contributed by atoms with van der Waals surface area (Å²) in [7, 11) is -6.88. The van der Waals surface area contributed by atoms with Crippen LogP contribution in [0.3, 0.4) is 0 Å². The largest absolute Gasteiger partial charge is 0.300 e. The van der Waals surface area contributed by atoms with Gasteiger partial charge in [0.15, 0.2) is 14.9 Å². The van der Waals surface area contributed by atoms with Gasteiger partial charge < -0.3 is 0 Å². The number of nitrogens with zero attached hydrogens (tertiary/aromatic N) is 1. The van der Waals surface area contributed by atoms with E-state index in [1.807, 2.05) is 0 Å². The van der Waals surface area contributed by atoms with E-state index in [0.29, 0.717) is 0 Å². The van der Waals surface area contributed by atoms with Gasteiger partial charge in [-0.2, -0.15) is 5.10 Å². The second kappa shape index (κ2) is 8.15. The van der Waals surface area contributed by atoms with Gasteiger partial charge in [0.1, 0.15) is 6.04 Å². The lowest BCUT2D eigenvalue weighted by atomic mass is 10.2. The average molecular weight is 378 g/mol. The normalized spacial score (nSPS) is 17.3. The predicted molar refractivity (Wildman–Crippen MR) is 87.9 cm³/mol. The van der Waals surface area contributed by atoms with Crippen LogP contribution in [-0.2, 0) is 19.7 Å². The molecule has 1 aliphatic rings. The summed E-state index contributed by atoms with van der Waals surface area (Å²) in [6.45, 7) is 6.09. The van der Waals surface area contributed by atoms with Crippen molar-refractivity contribution in [3.8, 4) is 0 Å². The Labute approximate surface area is 139 Å². The minimum absolute atomic E-state index is 0.0652. The maximum absolute atomic E-state index is 12.4. The Balaban J connectivity index is 0.000000351. The van der Waals surface area contributed by atoms with Crippen molar-refractivity contribution in [2.75, 3.05) is 0 Å². The number of hydrogen-bond donors (Lipinski definition) is 1. The summed E-state index contributed by atoms with van der Waals surface area (Å²) in [6, 6.07) is 6.42. The van der Waals surface area contributed by atoms with Gasteiger partial charge in [-0.05, 0) is 12.1 Å². The monoisotopic (exact) mass is 378 g/mol. The molecule has 0 bridgehead atoms. The number of halogens is 2. The van der Waals surface area contributed by atoms with Gasteiger partial charge in [-0.25, -0.2) is 25.6 Å². The van der Waals surface area contributed by atoms with Crippen molar-refractivity contribution in [3.63, 3.8) is 0 Å². The van der Waals surface area contributed by atoms with Crippen molar-refractivity contribution in [1.82, 2.24) is 5.43 Å². The smallest absolute Gasteiger partial charge is 0.260 e. The Bertz CT molecular complexity index is 806. The first kappa shape index (κ1) is 20.0. The summed E-state index contributed by atoms with van der Waals surface area (Å²) in [5, 5.41) is 4.94. The van der Waals surface area contributed by atoms with Crippen LogP contribution in [0, 0.1) is 0 Å². The molecule has 0 aliphatic carbocycles. The minimum atomic E-state index is -3.75. The zero-order valence-electron chi connectivity index (χ0n) is 12.5. The Morgan fingerprint density at radius 1 is 1.12 bits per heavy atom. The molecule has 0 radical (unpaired) electrons. The summed E-state index contributed by atoms with van der Waals surface area (Å²) in [6.07, 6.45) is -2.92. The van der Waals surface area contributed by atoms with Crippen molar-refractivity contribution in [2.45, 2.75) is 23.8 Å². The third kappa shape index (κ3) is 5.24. The van der Waals surface area contributed by atoms with Crippen LogP contribution in [-0.4, -0.2) is 34.3 Å². The molecule has 0 saturated heterocycles. The number of hydrazone groups is 1. The first-order chi connectivity index (χ1) is 11.1. The molecule has 24 heavy (non-hydrogen) atoms. The van der Waals surface area contributed by atoms with Crippen LogP contribution in [0.4, 0.5) is 8.78 Å². The highest BCUT2D eigenvalue weighted by molar-refractivity contribution is 8.06. The van der Waals surface area contributed by atoms with Crippen molar-refractivity contribution in [3.05, 3.63) is 54.3 Å². The number of sulfone groups is 2. The third-order valence-corrected chi connectivity index (χ3v) is 5.58. The molecule has 0 fully saturated rings. The highest BCUT2D eigenvalue weighted by Gasteiger charge is 2.34. The molecule has 1 aromatic carbocycles. The van der Waals surface area contributed by atoms with E-state index >= 15 is 0 Å². The van der Waals surface area contributed by atoms with Crippen molar-refractivity contribution in [1.29, 1.82) is 0 Å². The molecular weight excluding hydrogens is 362 g/mol. The Kier molecular flexibility index (Phi) is 6.79. The molecule has 1 heterocycles. The van der Waals surface area contributed by atoms with E-state index in [0.717, 1.165) is 10.8 Å². The van der Waals surface area contributed by atoms with Crippen LogP contribution in [0.15, 0.2) is 64.3 Å². The Morgan fingerprint density at radius 2 is 1.67 bits per heavy atom. The van der Waals surface area contributed by atoms with Gasteiger partial charge in [-0.3, -0.25) is 5.43 Å². The first-order valence-corrected chi connectivity index (χ1v) is 9.63. The molecule has 2 rings (SSSR count). The molecule has 1 aromatic rings. The maximum Gasteiger partial charge on any atom is 0.260 e. The van der Waals surface area contributed by atoms with E-state index in [1.165, 1.54) is 12.1 Å². The van der Waals surface area contributed by atoms with Crippen LogP contribution >= 0.6 is 0 Å². The van der Waals surface area contributed by atoms with Crippen molar-refractivity contribution < 1.29 is 25.6 Å². The van der Waals surface area contributed by atoms with Gasteiger partial charge in [0.05, 0.1) is 4.90 Å². The fraction of sp³-hybridized carbons (Fsp3) is 0.214. The first-order valence-electron chi connectivity index (χ1n) is 6.54. The molecule has 132 valence electrons. The summed E-state index contributed by atoms with van der Waals surface area (Å²) in [5.74, 6) is 0. The lowest BCUT2D eigenvalue weighted by Crippen LogP contribution is -2.28. The zero-order valence-corrected chi connectivity index (χ0v) is 14.1. The highest BCUT2D eigenvalue weighted by atomic mass is 32.2. The molecule has 6 nitrogen and oxygen atoms in total. The third-order valence-electron chi connectivity index (χ3n) is 2.88. The van der Waals surface area contributed by atoms with Crippen LogP contribution in [0.2, 0.25) is 0 Å². The fourth-order valence-electron chi connectivity index (χ4n) is 1.55. The van der Waals surface area contributed by atoms with Gasteiger partial charge in [0, 0.05) is 17.2 Å². The predicted octanol–water partition coefficient (Wildman–Crippen LogP) is 2.09. The lowest BCUT2D eigenvalue weighted by Gasteiger charge is -2.07. The quantitative estimate of drug-likeness (QED) is 0.866. The summed E-state index contributed by atoms with van der Waals surface area (Å²) >= 11 is 0.